The van der Waals surface area contributed by atoms with Gasteiger partial charge in [0.25, 0.3) is 10.0 Å². The number of rotatable bonds is 9. The van der Waals surface area contributed by atoms with Gasteiger partial charge in [0.05, 0.1) is 10.6 Å². The number of anilines is 1. The fourth-order valence-electron chi connectivity index (χ4n) is 3.89. The summed E-state index contributed by atoms with van der Waals surface area (Å²) < 4.78 is 42.1. The van der Waals surface area contributed by atoms with Crippen molar-refractivity contribution < 1.29 is 22.4 Å². The van der Waals surface area contributed by atoms with Crippen molar-refractivity contribution in [3.05, 3.63) is 94.8 Å². The van der Waals surface area contributed by atoms with Crippen LogP contribution in [0.4, 0.5) is 10.1 Å². The number of nitrogens with one attached hydrogen (secondary N) is 1. The average Bonchev–Trinajstić information content (AvgIpc) is 2.85. The highest BCUT2D eigenvalue weighted by Gasteiger charge is 2.33. The molecule has 0 saturated carbocycles. The van der Waals surface area contributed by atoms with Gasteiger partial charge in [0.15, 0.2) is 0 Å². The van der Waals surface area contributed by atoms with Crippen molar-refractivity contribution in [3.63, 3.8) is 0 Å². The molecule has 0 aromatic heterocycles. The Morgan fingerprint density at radius 2 is 1.62 bits per heavy atom. The van der Waals surface area contributed by atoms with E-state index in [9.17, 15) is 22.4 Å². The van der Waals surface area contributed by atoms with Crippen LogP contribution in [0, 0.1) is 12.7 Å². The van der Waals surface area contributed by atoms with Gasteiger partial charge in [0.1, 0.15) is 18.4 Å². The first kappa shape index (κ1) is 30.1. The fourth-order valence-corrected chi connectivity index (χ4v) is 5.42. The monoisotopic (exact) mass is 573 g/mol. The number of hydrogen-bond acceptors (Lipinski definition) is 4. The van der Waals surface area contributed by atoms with E-state index in [2.05, 4.69) is 5.32 Å². The van der Waals surface area contributed by atoms with Crippen LogP contribution >= 0.6 is 11.6 Å². The van der Waals surface area contributed by atoms with E-state index < -0.39 is 45.8 Å². The molecule has 7 nitrogen and oxygen atoms in total. The molecule has 0 saturated heterocycles. The maximum absolute atomic E-state index is 13.9. The van der Waals surface area contributed by atoms with Crippen LogP contribution < -0.4 is 9.62 Å². The Balaban J connectivity index is 2.03. The smallest absolute Gasteiger partial charge is 0.264 e. The molecule has 3 rings (SSSR count). The molecule has 0 radical (unpaired) electrons. The van der Waals surface area contributed by atoms with Crippen LogP contribution in [0.25, 0.3) is 0 Å². The second-order valence-corrected chi connectivity index (χ2v) is 12.7. The summed E-state index contributed by atoms with van der Waals surface area (Å²) in [6.07, 6.45) is 0. The number of benzene rings is 3. The Hall–Kier alpha value is -3.43. The molecule has 0 heterocycles. The third-order valence-electron chi connectivity index (χ3n) is 5.90. The van der Waals surface area contributed by atoms with Gasteiger partial charge in [-0.1, -0.05) is 35.9 Å². The molecule has 0 bridgehead atoms. The summed E-state index contributed by atoms with van der Waals surface area (Å²) in [5.41, 5.74) is 1.13. The molecule has 1 atom stereocenters. The number of nitrogens with zero attached hydrogens (tertiary/aromatic N) is 2. The second-order valence-electron chi connectivity index (χ2n) is 10.4. The molecule has 39 heavy (non-hydrogen) atoms. The van der Waals surface area contributed by atoms with Crippen molar-refractivity contribution in [2.75, 3.05) is 10.8 Å². The van der Waals surface area contributed by atoms with E-state index in [4.69, 9.17) is 11.6 Å². The Labute approximate surface area is 234 Å². The van der Waals surface area contributed by atoms with Crippen LogP contribution in [0.15, 0.2) is 77.7 Å². The molecule has 3 aromatic carbocycles. The van der Waals surface area contributed by atoms with E-state index in [-0.39, 0.29) is 11.4 Å². The van der Waals surface area contributed by atoms with Crippen LogP contribution in [0.1, 0.15) is 38.8 Å². The van der Waals surface area contributed by atoms with Crippen LogP contribution in [0.3, 0.4) is 0 Å². The molecule has 0 aliphatic rings. The quantitative estimate of drug-likeness (QED) is 0.376. The van der Waals surface area contributed by atoms with Crippen molar-refractivity contribution in [2.24, 2.45) is 0 Å². The van der Waals surface area contributed by atoms with Crippen LogP contribution in [0.5, 0.6) is 0 Å². The summed E-state index contributed by atoms with van der Waals surface area (Å²) in [6.45, 7) is 8.26. The lowest BCUT2D eigenvalue weighted by atomic mass is 10.1. The van der Waals surface area contributed by atoms with Gasteiger partial charge in [0.2, 0.25) is 11.8 Å². The lowest BCUT2D eigenvalue weighted by Gasteiger charge is -2.33. The highest BCUT2D eigenvalue weighted by molar-refractivity contribution is 7.92. The maximum atomic E-state index is 13.9. The third kappa shape index (κ3) is 8.03. The average molecular weight is 574 g/mol. The van der Waals surface area contributed by atoms with Gasteiger partial charge in [-0.15, -0.1) is 0 Å². The van der Waals surface area contributed by atoms with Crippen molar-refractivity contribution in [1.82, 2.24) is 10.2 Å². The summed E-state index contributed by atoms with van der Waals surface area (Å²) in [5, 5.41) is 3.24. The lowest BCUT2D eigenvalue weighted by Crippen LogP contribution is -2.54. The lowest BCUT2D eigenvalue weighted by molar-refractivity contribution is -0.140. The van der Waals surface area contributed by atoms with Gasteiger partial charge in [-0.25, -0.2) is 12.8 Å². The Kier molecular flexibility index (Phi) is 9.40. The Bertz CT molecular complexity index is 1420. The zero-order chi connectivity index (χ0) is 29.0. The fraction of sp³-hybridized carbons (Fsp3) is 0.310. The van der Waals surface area contributed by atoms with E-state index >= 15 is 0 Å². The van der Waals surface area contributed by atoms with Gasteiger partial charge in [0, 0.05) is 17.1 Å². The molecule has 10 heteroatoms. The van der Waals surface area contributed by atoms with Crippen LogP contribution in [-0.4, -0.2) is 43.3 Å². The summed E-state index contributed by atoms with van der Waals surface area (Å²) in [6, 6.07) is 17.1. The molecule has 208 valence electrons. The van der Waals surface area contributed by atoms with Gasteiger partial charge < -0.3 is 10.2 Å². The predicted octanol–water partition coefficient (Wildman–Crippen LogP) is 5.31. The molecular formula is C29H33ClFN3O4S. The summed E-state index contributed by atoms with van der Waals surface area (Å²) >= 11 is 5.97. The highest BCUT2D eigenvalue weighted by Crippen LogP contribution is 2.26. The van der Waals surface area contributed by atoms with E-state index in [0.717, 1.165) is 9.87 Å². The third-order valence-corrected chi connectivity index (χ3v) is 7.94. The number of amides is 2. The molecule has 0 unspecified atom stereocenters. The van der Waals surface area contributed by atoms with Crippen LogP contribution in [0.2, 0.25) is 5.02 Å². The normalized spacial score (nSPS) is 12.5. The number of hydrogen-bond donors (Lipinski definition) is 1. The van der Waals surface area contributed by atoms with E-state index in [1.165, 1.54) is 53.4 Å². The second kappa shape index (κ2) is 12.2. The maximum Gasteiger partial charge on any atom is 0.264 e. The van der Waals surface area contributed by atoms with E-state index in [0.29, 0.717) is 16.3 Å². The topological polar surface area (TPSA) is 86.8 Å². The number of aryl methyl sites for hydroxylation is 1. The molecular weight excluding hydrogens is 541 g/mol. The first-order valence-corrected chi connectivity index (χ1v) is 14.2. The molecule has 0 aliphatic carbocycles. The molecule has 0 fully saturated rings. The Morgan fingerprint density at radius 1 is 1.00 bits per heavy atom. The highest BCUT2D eigenvalue weighted by atomic mass is 35.5. The van der Waals surface area contributed by atoms with Crippen molar-refractivity contribution in [1.29, 1.82) is 0 Å². The molecule has 2 amide bonds. The van der Waals surface area contributed by atoms with Gasteiger partial charge in [-0.05, 0) is 94.3 Å². The van der Waals surface area contributed by atoms with Crippen molar-refractivity contribution in [3.8, 4) is 0 Å². The molecule has 0 aliphatic heterocycles. The molecule has 0 spiro atoms. The van der Waals surface area contributed by atoms with Gasteiger partial charge in [-0.3, -0.25) is 13.9 Å². The van der Waals surface area contributed by atoms with Gasteiger partial charge >= 0.3 is 0 Å². The number of sulfonamides is 1. The van der Waals surface area contributed by atoms with Crippen molar-refractivity contribution >= 4 is 39.1 Å². The SMILES string of the molecule is Cc1cccc(N(CC(=O)N(Cc2ccc(F)cc2)[C@@H](C)C(=O)NC(C)(C)C)S(=O)(=O)c2ccc(Cl)cc2)c1. The minimum atomic E-state index is -4.19. The Morgan fingerprint density at radius 3 is 2.18 bits per heavy atom. The largest absolute Gasteiger partial charge is 0.350 e. The standard InChI is InChI=1S/C29H33ClFN3O4S/c1-20-7-6-8-25(17-20)34(39(37,38)26-15-11-23(30)12-16-26)19-27(35)33(18-22-9-13-24(31)14-10-22)21(2)28(36)32-29(3,4)5/h6-17,21H,18-19H2,1-5H3,(H,32,36)/t21-/m0/s1. The number of carbonyl (C=O) groups is 2. The molecule has 1 N–H and O–H groups in total. The first-order chi connectivity index (χ1) is 18.2. The van der Waals surface area contributed by atoms with Gasteiger partial charge in [-0.2, -0.15) is 0 Å². The van der Waals surface area contributed by atoms with Crippen molar-refractivity contribution in [2.45, 2.75) is 57.6 Å². The molecule has 3 aromatic rings. The summed E-state index contributed by atoms with van der Waals surface area (Å²) in [5.74, 6) is -1.44. The zero-order valence-electron chi connectivity index (χ0n) is 22.6. The first-order valence-electron chi connectivity index (χ1n) is 12.4. The summed E-state index contributed by atoms with van der Waals surface area (Å²) in [7, 11) is -4.19. The van der Waals surface area contributed by atoms with E-state index in [1.54, 1.807) is 25.1 Å². The predicted molar refractivity (Wildman–Crippen MR) is 151 cm³/mol. The minimum absolute atomic E-state index is 0.0273. The number of carbonyl (C=O) groups excluding carboxylic acids is 2. The zero-order valence-corrected chi connectivity index (χ0v) is 24.2. The minimum Gasteiger partial charge on any atom is -0.350 e. The number of halogens is 2. The summed E-state index contributed by atoms with van der Waals surface area (Å²) in [4.78, 5) is 28.2. The van der Waals surface area contributed by atoms with E-state index in [1.807, 2.05) is 33.8 Å². The van der Waals surface area contributed by atoms with Crippen LogP contribution in [-0.2, 0) is 26.2 Å².